The number of aromatic amines is 1. The Hall–Kier alpha value is -2.98. The lowest BCUT2D eigenvalue weighted by Gasteiger charge is -2.32. The number of nitrogens with one attached hydrogen (secondary N) is 1. The maximum Gasteiger partial charge on any atom is 0.0702 e. The van der Waals surface area contributed by atoms with E-state index in [2.05, 4.69) is 74.7 Å². The summed E-state index contributed by atoms with van der Waals surface area (Å²) < 4.78 is 0. The van der Waals surface area contributed by atoms with Gasteiger partial charge in [-0.1, -0.05) is 42.5 Å². The molecule has 0 radical (unpaired) electrons. The van der Waals surface area contributed by atoms with Crippen LogP contribution < -0.4 is 0 Å². The van der Waals surface area contributed by atoms with Crippen molar-refractivity contribution in [1.29, 1.82) is 0 Å². The molecule has 1 fully saturated rings. The van der Waals surface area contributed by atoms with E-state index in [0.717, 1.165) is 25.2 Å². The van der Waals surface area contributed by atoms with E-state index in [1.807, 2.05) is 18.5 Å². The third-order valence-corrected chi connectivity index (χ3v) is 5.74. The van der Waals surface area contributed by atoms with E-state index in [4.69, 9.17) is 0 Å². The van der Waals surface area contributed by atoms with Crippen molar-refractivity contribution < 1.29 is 0 Å². The van der Waals surface area contributed by atoms with Crippen LogP contribution in [0.5, 0.6) is 0 Å². The van der Waals surface area contributed by atoms with Gasteiger partial charge in [0.15, 0.2) is 0 Å². The second-order valence-electron chi connectivity index (χ2n) is 7.67. The van der Waals surface area contributed by atoms with E-state index in [0.29, 0.717) is 5.92 Å². The van der Waals surface area contributed by atoms with Gasteiger partial charge in [-0.05, 0) is 48.7 Å². The number of nitrogens with zero attached hydrogens (tertiary/aromatic N) is 3. The maximum absolute atomic E-state index is 4.43. The van der Waals surface area contributed by atoms with Crippen LogP contribution in [-0.4, -0.2) is 33.2 Å². The summed E-state index contributed by atoms with van der Waals surface area (Å²) in [4.78, 5) is 7.00. The van der Waals surface area contributed by atoms with E-state index in [1.165, 1.54) is 40.6 Å². The minimum absolute atomic E-state index is 0.494. The molecule has 4 aromatic rings. The van der Waals surface area contributed by atoms with Gasteiger partial charge in [0.25, 0.3) is 0 Å². The molecule has 1 aliphatic heterocycles. The van der Waals surface area contributed by atoms with Gasteiger partial charge in [-0.2, -0.15) is 5.10 Å². The summed E-state index contributed by atoms with van der Waals surface area (Å²) in [7, 11) is 0. The van der Waals surface area contributed by atoms with Crippen molar-refractivity contribution in [3.63, 3.8) is 0 Å². The topological polar surface area (TPSA) is 44.8 Å². The number of fused-ring (bicyclic) bond motifs is 1. The molecule has 0 unspecified atom stereocenters. The third kappa shape index (κ3) is 3.43. The fraction of sp³-hybridized carbons (Fsp3) is 0.250. The number of pyridine rings is 1. The van der Waals surface area contributed by atoms with Gasteiger partial charge in [0.05, 0.1) is 11.7 Å². The minimum atomic E-state index is 0.494. The quantitative estimate of drug-likeness (QED) is 0.551. The lowest BCUT2D eigenvalue weighted by atomic mass is 9.90. The normalized spacial score (nSPS) is 17.8. The maximum atomic E-state index is 4.43. The molecule has 0 bridgehead atoms. The fourth-order valence-electron chi connectivity index (χ4n) is 4.37. The van der Waals surface area contributed by atoms with Crippen LogP contribution in [-0.2, 0) is 6.54 Å². The lowest BCUT2D eigenvalue weighted by molar-refractivity contribution is 0.198. The predicted molar refractivity (Wildman–Crippen MR) is 113 cm³/mol. The van der Waals surface area contributed by atoms with Crippen molar-refractivity contribution in [2.45, 2.75) is 25.3 Å². The molecule has 4 nitrogen and oxygen atoms in total. The molecule has 5 rings (SSSR count). The SMILES string of the molecule is c1ccc(-c2cn[nH]c2[C@@H]2CCCN(Cc3ccc4ncccc4c3)C2)cc1. The summed E-state index contributed by atoms with van der Waals surface area (Å²) in [5.74, 6) is 0.494. The number of H-pyrrole nitrogens is 1. The molecule has 2 aromatic heterocycles. The van der Waals surface area contributed by atoms with E-state index in [9.17, 15) is 0 Å². The summed E-state index contributed by atoms with van der Waals surface area (Å²) in [6.45, 7) is 3.19. The average Bonchev–Trinajstić information content (AvgIpc) is 3.25. The minimum Gasteiger partial charge on any atom is -0.298 e. The summed E-state index contributed by atoms with van der Waals surface area (Å²) in [6, 6.07) is 21.3. The summed E-state index contributed by atoms with van der Waals surface area (Å²) in [6.07, 6.45) is 6.25. The zero-order valence-electron chi connectivity index (χ0n) is 15.9. The Balaban J connectivity index is 1.35. The molecule has 3 heterocycles. The Morgan fingerprint density at radius 3 is 2.89 bits per heavy atom. The Kier molecular flexibility index (Phi) is 4.63. The largest absolute Gasteiger partial charge is 0.298 e. The molecular weight excluding hydrogens is 344 g/mol. The molecule has 4 heteroatoms. The van der Waals surface area contributed by atoms with Gasteiger partial charge in [0, 0.05) is 41.8 Å². The van der Waals surface area contributed by atoms with Gasteiger partial charge < -0.3 is 0 Å². The monoisotopic (exact) mass is 368 g/mol. The van der Waals surface area contributed by atoms with Crippen LogP contribution in [0.1, 0.15) is 30.0 Å². The predicted octanol–water partition coefficient (Wildman–Crippen LogP) is 5.00. The van der Waals surface area contributed by atoms with Gasteiger partial charge in [-0.25, -0.2) is 0 Å². The van der Waals surface area contributed by atoms with E-state index in [-0.39, 0.29) is 0 Å². The Bertz CT molecular complexity index is 1070. The molecular formula is C24H24N4. The smallest absolute Gasteiger partial charge is 0.0702 e. The highest BCUT2D eigenvalue weighted by atomic mass is 15.2. The summed E-state index contributed by atoms with van der Waals surface area (Å²) >= 11 is 0. The molecule has 0 aliphatic carbocycles. The second-order valence-corrected chi connectivity index (χ2v) is 7.67. The number of rotatable bonds is 4. The number of benzene rings is 2. The van der Waals surface area contributed by atoms with Crippen LogP contribution in [0, 0.1) is 0 Å². The Morgan fingerprint density at radius 2 is 1.96 bits per heavy atom. The zero-order chi connectivity index (χ0) is 18.8. The first-order valence-electron chi connectivity index (χ1n) is 10.0. The van der Waals surface area contributed by atoms with Crippen molar-refractivity contribution in [3.8, 4) is 11.1 Å². The summed E-state index contributed by atoms with van der Waals surface area (Å²) in [5, 5.41) is 8.88. The summed E-state index contributed by atoms with van der Waals surface area (Å²) in [5.41, 5.74) is 6.18. The van der Waals surface area contributed by atoms with Gasteiger partial charge in [-0.15, -0.1) is 0 Å². The first-order chi connectivity index (χ1) is 13.9. The van der Waals surface area contributed by atoms with Crippen LogP contribution >= 0.6 is 0 Å². The van der Waals surface area contributed by atoms with Gasteiger partial charge in [0.1, 0.15) is 0 Å². The van der Waals surface area contributed by atoms with Crippen LogP contribution in [0.2, 0.25) is 0 Å². The number of hydrogen-bond acceptors (Lipinski definition) is 3. The second kappa shape index (κ2) is 7.56. The molecule has 1 N–H and O–H groups in total. The average molecular weight is 368 g/mol. The standard InChI is InChI=1S/C24H24N4/c1-2-6-19(7-3-1)22-15-26-27-24(22)21-9-5-13-28(17-21)16-18-10-11-23-20(14-18)8-4-12-25-23/h1-4,6-8,10-12,14-15,21H,5,9,13,16-17H2,(H,26,27)/t21-/m1/s1. The Labute approximate surface area is 165 Å². The highest BCUT2D eigenvalue weighted by Crippen LogP contribution is 2.33. The van der Waals surface area contributed by atoms with Crippen LogP contribution in [0.15, 0.2) is 73.1 Å². The number of hydrogen-bond donors (Lipinski definition) is 1. The molecule has 140 valence electrons. The van der Waals surface area contributed by atoms with Crippen molar-refractivity contribution in [2.24, 2.45) is 0 Å². The molecule has 0 spiro atoms. The molecule has 2 aromatic carbocycles. The van der Waals surface area contributed by atoms with Gasteiger partial charge in [-0.3, -0.25) is 15.0 Å². The Morgan fingerprint density at radius 1 is 1.04 bits per heavy atom. The van der Waals surface area contributed by atoms with Crippen molar-refractivity contribution in [1.82, 2.24) is 20.1 Å². The zero-order valence-corrected chi connectivity index (χ0v) is 15.9. The van der Waals surface area contributed by atoms with Crippen LogP contribution in [0.25, 0.3) is 22.0 Å². The van der Waals surface area contributed by atoms with Gasteiger partial charge in [0.2, 0.25) is 0 Å². The molecule has 1 saturated heterocycles. The third-order valence-electron chi connectivity index (χ3n) is 5.74. The van der Waals surface area contributed by atoms with Crippen molar-refractivity contribution in [2.75, 3.05) is 13.1 Å². The van der Waals surface area contributed by atoms with E-state index >= 15 is 0 Å². The highest BCUT2D eigenvalue weighted by Gasteiger charge is 2.25. The number of likely N-dealkylation sites (tertiary alicyclic amines) is 1. The van der Waals surface area contributed by atoms with Gasteiger partial charge >= 0.3 is 0 Å². The first-order valence-corrected chi connectivity index (χ1v) is 10.0. The van der Waals surface area contributed by atoms with Crippen LogP contribution in [0.4, 0.5) is 0 Å². The van der Waals surface area contributed by atoms with E-state index in [1.54, 1.807) is 0 Å². The first kappa shape index (κ1) is 17.1. The van der Waals surface area contributed by atoms with Crippen molar-refractivity contribution >= 4 is 10.9 Å². The van der Waals surface area contributed by atoms with Crippen LogP contribution in [0.3, 0.4) is 0 Å². The lowest BCUT2D eigenvalue weighted by Crippen LogP contribution is -2.34. The van der Waals surface area contributed by atoms with E-state index < -0.39 is 0 Å². The highest BCUT2D eigenvalue weighted by molar-refractivity contribution is 5.78. The molecule has 28 heavy (non-hydrogen) atoms. The molecule has 0 amide bonds. The molecule has 1 atom stereocenters. The fourth-order valence-corrected chi connectivity index (χ4v) is 4.37. The number of aromatic nitrogens is 3. The molecule has 1 aliphatic rings. The molecule has 0 saturated carbocycles. The van der Waals surface area contributed by atoms with Crippen molar-refractivity contribution in [3.05, 3.63) is 84.3 Å². The number of piperidine rings is 1.